The second-order valence-electron chi connectivity index (χ2n) is 5.38. The summed E-state index contributed by atoms with van der Waals surface area (Å²) in [5, 5.41) is 8.84. The molecule has 5 nitrogen and oxygen atoms in total. The first-order chi connectivity index (χ1) is 10.2. The van der Waals surface area contributed by atoms with Gasteiger partial charge in [0.2, 0.25) is 0 Å². The number of rotatable bonds is 4. The zero-order chi connectivity index (χ0) is 14.7. The molecule has 3 rings (SSSR count). The van der Waals surface area contributed by atoms with Gasteiger partial charge in [-0.3, -0.25) is 4.79 Å². The summed E-state index contributed by atoms with van der Waals surface area (Å²) >= 11 is 1.74. The minimum atomic E-state index is -0.186. The van der Waals surface area contributed by atoms with Gasteiger partial charge in [0.05, 0.1) is 0 Å². The predicted molar refractivity (Wildman–Crippen MR) is 79.6 cm³/mol. The van der Waals surface area contributed by atoms with Crippen LogP contribution in [0.5, 0.6) is 0 Å². The number of hydrogen-bond acceptors (Lipinski definition) is 5. The van der Waals surface area contributed by atoms with E-state index in [9.17, 15) is 4.79 Å². The van der Waals surface area contributed by atoms with Crippen LogP contribution in [0.1, 0.15) is 34.0 Å². The predicted octanol–water partition coefficient (Wildman–Crippen LogP) is 2.52. The minimum absolute atomic E-state index is 0.0269. The van der Waals surface area contributed by atoms with Crippen LogP contribution in [0.2, 0.25) is 0 Å². The van der Waals surface area contributed by atoms with Gasteiger partial charge >= 0.3 is 0 Å². The average molecular weight is 306 g/mol. The second-order valence-corrected chi connectivity index (χ2v) is 6.32. The van der Waals surface area contributed by atoms with Gasteiger partial charge in [0, 0.05) is 36.1 Å². The van der Waals surface area contributed by atoms with E-state index in [-0.39, 0.29) is 11.3 Å². The first-order valence-electron chi connectivity index (χ1n) is 7.03. The molecule has 2 aromatic heterocycles. The third kappa shape index (κ3) is 3.01. The first-order valence-corrected chi connectivity index (χ1v) is 7.91. The van der Waals surface area contributed by atoms with Crippen molar-refractivity contribution in [2.24, 2.45) is 0 Å². The van der Waals surface area contributed by atoms with Crippen LogP contribution >= 0.6 is 11.3 Å². The molecule has 0 radical (unpaired) electrons. The van der Waals surface area contributed by atoms with E-state index in [2.05, 4.69) is 28.0 Å². The maximum absolute atomic E-state index is 12.2. The average Bonchev–Trinajstić information content (AvgIpc) is 3.17. The smallest absolute Gasteiger partial charge is 0.273 e. The fourth-order valence-electron chi connectivity index (χ4n) is 2.67. The fraction of sp³-hybridized carbons (Fsp3) is 0.467. The van der Waals surface area contributed by atoms with Crippen molar-refractivity contribution >= 4 is 17.2 Å². The number of carbonyl (C=O) groups is 1. The van der Waals surface area contributed by atoms with Crippen LogP contribution in [0.15, 0.2) is 28.1 Å². The number of aromatic nitrogens is 1. The van der Waals surface area contributed by atoms with Gasteiger partial charge in [-0.1, -0.05) is 11.2 Å². The molecule has 0 spiro atoms. The van der Waals surface area contributed by atoms with Crippen LogP contribution in [0.25, 0.3) is 0 Å². The Morgan fingerprint density at radius 1 is 1.48 bits per heavy atom. The summed E-state index contributed by atoms with van der Waals surface area (Å²) in [5.74, 6) is 0.452. The Hall–Kier alpha value is -1.66. The van der Waals surface area contributed by atoms with Crippen LogP contribution in [-0.2, 0) is 10.2 Å². The third-order valence-corrected chi connectivity index (χ3v) is 5.06. The molecular weight excluding hydrogens is 288 g/mol. The maximum atomic E-state index is 12.2. The number of nitrogens with zero attached hydrogens (tertiary/aromatic N) is 1. The molecular formula is C15H18N2O3S. The lowest BCUT2D eigenvalue weighted by molar-refractivity contribution is 0.0498. The summed E-state index contributed by atoms with van der Waals surface area (Å²) in [4.78, 5) is 13.5. The van der Waals surface area contributed by atoms with Crippen LogP contribution in [-0.4, -0.2) is 30.8 Å². The van der Waals surface area contributed by atoms with E-state index >= 15 is 0 Å². The van der Waals surface area contributed by atoms with Crippen LogP contribution < -0.4 is 5.32 Å². The standard InChI is InChI=1S/C15H18N2O3S/c1-11-9-12(17-20-11)14(18)16-10-15(4-6-19-7-5-15)13-3-2-8-21-13/h2-3,8-9H,4-7,10H2,1H3,(H,16,18). The van der Waals surface area contributed by atoms with E-state index in [0.717, 1.165) is 26.1 Å². The monoisotopic (exact) mass is 306 g/mol. The summed E-state index contributed by atoms with van der Waals surface area (Å²) in [6.07, 6.45) is 1.84. The zero-order valence-electron chi connectivity index (χ0n) is 11.9. The molecule has 21 heavy (non-hydrogen) atoms. The first kappa shape index (κ1) is 14.3. The Bertz CT molecular complexity index is 600. The van der Waals surface area contributed by atoms with Crippen LogP contribution in [0.4, 0.5) is 0 Å². The fourth-order valence-corrected chi connectivity index (χ4v) is 3.65. The largest absolute Gasteiger partial charge is 0.381 e. The van der Waals surface area contributed by atoms with Crippen molar-refractivity contribution in [3.63, 3.8) is 0 Å². The van der Waals surface area contributed by atoms with E-state index in [1.807, 2.05) is 0 Å². The number of aryl methyl sites for hydroxylation is 1. The van der Waals surface area contributed by atoms with Gasteiger partial charge in [-0.2, -0.15) is 0 Å². The van der Waals surface area contributed by atoms with Gasteiger partial charge in [0.25, 0.3) is 5.91 Å². The number of hydrogen-bond donors (Lipinski definition) is 1. The van der Waals surface area contributed by atoms with Gasteiger partial charge < -0.3 is 14.6 Å². The molecule has 1 N–H and O–H groups in total. The van der Waals surface area contributed by atoms with Crippen molar-refractivity contribution in [3.8, 4) is 0 Å². The lowest BCUT2D eigenvalue weighted by Crippen LogP contribution is -2.44. The van der Waals surface area contributed by atoms with Crippen molar-refractivity contribution in [1.29, 1.82) is 0 Å². The van der Waals surface area contributed by atoms with Crippen molar-refractivity contribution in [3.05, 3.63) is 39.9 Å². The number of nitrogens with one attached hydrogen (secondary N) is 1. The summed E-state index contributed by atoms with van der Waals surface area (Å²) in [6.45, 7) is 3.84. The summed E-state index contributed by atoms with van der Waals surface area (Å²) in [6, 6.07) is 5.85. The van der Waals surface area contributed by atoms with Gasteiger partial charge in [-0.05, 0) is 31.2 Å². The Morgan fingerprint density at radius 3 is 2.90 bits per heavy atom. The molecule has 6 heteroatoms. The van der Waals surface area contributed by atoms with Crippen LogP contribution in [0.3, 0.4) is 0 Å². The molecule has 1 fully saturated rings. The van der Waals surface area contributed by atoms with Crippen molar-refractivity contribution in [2.45, 2.75) is 25.2 Å². The van der Waals surface area contributed by atoms with Crippen molar-refractivity contribution in [2.75, 3.05) is 19.8 Å². The highest BCUT2D eigenvalue weighted by molar-refractivity contribution is 7.10. The summed E-state index contributed by atoms with van der Waals surface area (Å²) in [7, 11) is 0. The Morgan fingerprint density at radius 2 is 2.29 bits per heavy atom. The summed E-state index contributed by atoms with van der Waals surface area (Å²) < 4.78 is 10.4. The third-order valence-electron chi connectivity index (χ3n) is 3.94. The number of amides is 1. The Kier molecular flexibility index (Phi) is 4.07. The normalized spacial score (nSPS) is 17.6. The molecule has 0 saturated carbocycles. The zero-order valence-corrected chi connectivity index (χ0v) is 12.7. The molecule has 0 atom stereocenters. The van der Waals surface area contributed by atoms with Gasteiger partial charge in [-0.25, -0.2) is 0 Å². The molecule has 1 aliphatic heterocycles. The molecule has 2 aromatic rings. The highest BCUT2D eigenvalue weighted by atomic mass is 32.1. The van der Waals surface area contributed by atoms with Crippen molar-refractivity contribution < 1.29 is 14.1 Å². The van der Waals surface area contributed by atoms with Crippen LogP contribution in [0, 0.1) is 6.92 Å². The topological polar surface area (TPSA) is 64.4 Å². The maximum Gasteiger partial charge on any atom is 0.273 e. The molecule has 0 unspecified atom stereocenters. The lowest BCUT2D eigenvalue weighted by atomic mass is 9.78. The summed E-state index contributed by atoms with van der Waals surface area (Å²) in [5.41, 5.74) is 0.307. The molecule has 1 amide bonds. The quantitative estimate of drug-likeness (QED) is 0.942. The highest BCUT2D eigenvalue weighted by Crippen LogP contribution is 2.37. The molecule has 3 heterocycles. The van der Waals surface area contributed by atoms with E-state index < -0.39 is 0 Å². The molecule has 0 aliphatic carbocycles. The lowest BCUT2D eigenvalue weighted by Gasteiger charge is -2.36. The van der Waals surface area contributed by atoms with E-state index in [4.69, 9.17) is 9.26 Å². The molecule has 1 saturated heterocycles. The highest BCUT2D eigenvalue weighted by Gasteiger charge is 2.36. The molecule has 1 aliphatic rings. The Labute approximate surface area is 127 Å². The molecule has 0 bridgehead atoms. The molecule has 0 aromatic carbocycles. The second kappa shape index (κ2) is 5.99. The SMILES string of the molecule is Cc1cc(C(=O)NCC2(c3cccs3)CCOCC2)no1. The number of ether oxygens (including phenoxy) is 1. The Balaban J connectivity index is 1.72. The number of carbonyl (C=O) groups excluding carboxylic acids is 1. The van der Waals surface area contributed by atoms with Gasteiger partial charge in [0.15, 0.2) is 5.69 Å². The molecule has 112 valence electrons. The van der Waals surface area contributed by atoms with E-state index in [0.29, 0.717) is 18.0 Å². The van der Waals surface area contributed by atoms with Crippen molar-refractivity contribution in [1.82, 2.24) is 10.5 Å². The number of thiophene rings is 1. The minimum Gasteiger partial charge on any atom is -0.381 e. The van der Waals surface area contributed by atoms with E-state index in [1.54, 1.807) is 24.3 Å². The van der Waals surface area contributed by atoms with E-state index in [1.165, 1.54) is 4.88 Å². The van der Waals surface area contributed by atoms with Gasteiger partial charge in [0.1, 0.15) is 5.76 Å². The van der Waals surface area contributed by atoms with Gasteiger partial charge in [-0.15, -0.1) is 11.3 Å².